The van der Waals surface area contributed by atoms with Crippen LogP contribution in [0.5, 0.6) is 0 Å². The average molecular weight is 506 g/mol. The SMILES string of the molecule is O=C(c1cn2c3c(c(NCCCn4ccnc4)c(F)cc3c1=O)Sc1ccccc1-2)N1CCOCC1. The molecule has 36 heavy (non-hydrogen) atoms. The number of carbonyl (C=O) groups is 1. The quantitative estimate of drug-likeness (QED) is 0.354. The first-order chi connectivity index (χ1) is 17.6. The number of carbonyl (C=O) groups excluding carboxylic acids is 1. The molecule has 6 rings (SSSR count). The van der Waals surface area contributed by atoms with Gasteiger partial charge in [-0.1, -0.05) is 23.9 Å². The number of nitrogens with zero attached hydrogens (tertiary/aromatic N) is 4. The lowest BCUT2D eigenvalue weighted by Gasteiger charge is -2.28. The minimum absolute atomic E-state index is 0.0393. The predicted molar refractivity (Wildman–Crippen MR) is 136 cm³/mol. The summed E-state index contributed by atoms with van der Waals surface area (Å²) in [5.41, 5.74) is 1.42. The van der Waals surface area contributed by atoms with Crippen molar-refractivity contribution in [2.45, 2.75) is 22.8 Å². The molecule has 2 aromatic carbocycles. The monoisotopic (exact) mass is 505 g/mol. The van der Waals surface area contributed by atoms with Crippen molar-refractivity contribution in [3.63, 3.8) is 0 Å². The number of pyridine rings is 1. The molecule has 2 aliphatic heterocycles. The van der Waals surface area contributed by atoms with E-state index in [0.717, 1.165) is 23.5 Å². The number of para-hydroxylation sites is 1. The lowest BCUT2D eigenvalue weighted by Crippen LogP contribution is -2.42. The molecule has 0 radical (unpaired) electrons. The summed E-state index contributed by atoms with van der Waals surface area (Å²) >= 11 is 1.43. The van der Waals surface area contributed by atoms with Crippen LogP contribution in [0, 0.1) is 5.82 Å². The molecule has 2 aliphatic rings. The number of hydrogen-bond donors (Lipinski definition) is 1. The van der Waals surface area contributed by atoms with Crippen LogP contribution in [-0.4, -0.2) is 57.8 Å². The van der Waals surface area contributed by atoms with Gasteiger partial charge in [-0.15, -0.1) is 0 Å². The normalized spacial score (nSPS) is 14.6. The van der Waals surface area contributed by atoms with E-state index in [1.807, 2.05) is 39.6 Å². The van der Waals surface area contributed by atoms with Crippen molar-refractivity contribution in [2.24, 2.45) is 0 Å². The van der Waals surface area contributed by atoms with E-state index in [9.17, 15) is 9.59 Å². The van der Waals surface area contributed by atoms with Crippen molar-refractivity contribution < 1.29 is 13.9 Å². The third-order valence-electron chi connectivity index (χ3n) is 6.52. The highest BCUT2D eigenvalue weighted by Crippen LogP contribution is 2.46. The molecule has 0 bridgehead atoms. The van der Waals surface area contributed by atoms with Crippen molar-refractivity contribution in [3.05, 3.63) is 76.9 Å². The summed E-state index contributed by atoms with van der Waals surface area (Å²) in [6.07, 6.45) is 7.76. The van der Waals surface area contributed by atoms with Crippen LogP contribution in [0.1, 0.15) is 16.8 Å². The fourth-order valence-electron chi connectivity index (χ4n) is 4.72. The van der Waals surface area contributed by atoms with Gasteiger partial charge in [0.15, 0.2) is 0 Å². The number of anilines is 1. The van der Waals surface area contributed by atoms with Gasteiger partial charge in [0, 0.05) is 49.7 Å². The van der Waals surface area contributed by atoms with E-state index < -0.39 is 11.2 Å². The van der Waals surface area contributed by atoms with Gasteiger partial charge in [0.05, 0.1) is 46.7 Å². The Bertz CT molecular complexity index is 1510. The molecular weight excluding hydrogens is 481 g/mol. The van der Waals surface area contributed by atoms with Crippen molar-refractivity contribution in [1.29, 1.82) is 0 Å². The Morgan fingerprint density at radius 3 is 2.86 bits per heavy atom. The van der Waals surface area contributed by atoms with Crippen LogP contribution in [0.3, 0.4) is 0 Å². The Labute approximate surface area is 210 Å². The molecule has 4 heterocycles. The summed E-state index contributed by atoms with van der Waals surface area (Å²) in [5.74, 6) is -0.861. The number of rotatable bonds is 6. The van der Waals surface area contributed by atoms with Crippen LogP contribution in [0.25, 0.3) is 16.6 Å². The highest BCUT2D eigenvalue weighted by atomic mass is 32.2. The Balaban J connectivity index is 1.44. The molecular formula is C26H24FN5O3S. The minimum Gasteiger partial charge on any atom is -0.382 e. The van der Waals surface area contributed by atoms with Gasteiger partial charge >= 0.3 is 0 Å². The van der Waals surface area contributed by atoms with Crippen molar-refractivity contribution in [2.75, 3.05) is 38.2 Å². The number of imidazole rings is 1. The van der Waals surface area contributed by atoms with E-state index in [2.05, 4.69) is 10.3 Å². The van der Waals surface area contributed by atoms with Gasteiger partial charge in [-0.2, -0.15) is 0 Å². The number of nitrogens with one attached hydrogen (secondary N) is 1. The molecule has 1 N–H and O–H groups in total. The van der Waals surface area contributed by atoms with E-state index in [1.165, 1.54) is 17.8 Å². The van der Waals surface area contributed by atoms with E-state index >= 15 is 4.39 Å². The van der Waals surface area contributed by atoms with Crippen LogP contribution >= 0.6 is 11.8 Å². The molecule has 10 heteroatoms. The van der Waals surface area contributed by atoms with E-state index in [4.69, 9.17) is 4.74 Å². The number of benzene rings is 2. The molecule has 1 fully saturated rings. The van der Waals surface area contributed by atoms with E-state index in [-0.39, 0.29) is 16.9 Å². The molecule has 0 spiro atoms. The highest BCUT2D eigenvalue weighted by molar-refractivity contribution is 8.00. The number of hydrogen-bond acceptors (Lipinski definition) is 6. The van der Waals surface area contributed by atoms with Crippen molar-refractivity contribution in [1.82, 2.24) is 19.0 Å². The second-order valence-corrected chi connectivity index (χ2v) is 9.81. The van der Waals surface area contributed by atoms with Gasteiger partial charge in [-0.05, 0) is 24.6 Å². The Morgan fingerprint density at radius 1 is 1.22 bits per heavy atom. The summed E-state index contributed by atoms with van der Waals surface area (Å²) in [6, 6.07) is 9.01. The number of fused-ring (bicyclic) bond motifs is 2. The molecule has 8 nitrogen and oxygen atoms in total. The Hall–Kier alpha value is -3.63. The molecule has 2 aromatic heterocycles. The zero-order chi connectivity index (χ0) is 24.6. The number of morpholine rings is 1. The maximum absolute atomic E-state index is 15.5. The maximum atomic E-state index is 15.5. The molecule has 0 aliphatic carbocycles. The number of aryl methyl sites for hydroxylation is 1. The van der Waals surface area contributed by atoms with Crippen molar-refractivity contribution >= 4 is 34.3 Å². The molecule has 4 aromatic rings. The molecule has 184 valence electrons. The summed E-state index contributed by atoms with van der Waals surface area (Å²) in [7, 11) is 0. The highest BCUT2D eigenvalue weighted by Gasteiger charge is 2.29. The van der Waals surface area contributed by atoms with Gasteiger partial charge < -0.3 is 24.1 Å². The number of aromatic nitrogens is 3. The van der Waals surface area contributed by atoms with Gasteiger partial charge in [-0.3, -0.25) is 9.59 Å². The molecule has 0 saturated carbocycles. The van der Waals surface area contributed by atoms with E-state index in [0.29, 0.717) is 48.9 Å². The molecule has 0 atom stereocenters. The number of halogens is 1. The molecule has 1 saturated heterocycles. The third kappa shape index (κ3) is 3.96. The maximum Gasteiger partial charge on any atom is 0.259 e. The number of amides is 1. The standard InChI is InChI=1S/C26H24FN5O3S/c27-19-14-17-23-25(22(19)29-6-3-8-30-9-7-28-16-30)36-21-5-2-1-4-20(21)32(23)15-18(24(17)33)26(34)31-10-12-35-13-11-31/h1-2,4-5,7,9,14-16,29H,3,6,8,10-13H2. The van der Waals surface area contributed by atoms with Gasteiger partial charge in [0.25, 0.3) is 5.91 Å². The van der Waals surface area contributed by atoms with E-state index in [1.54, 1.807) is 23.6 Å². The van der Waals surface area contributed by atoms with Crippen LogP contribution < -0.4 is 10.7 Å². The van der Waals surface area contributed by atoms with Crippen LogP contribution in [0.4, 0.5) is 10.1 Å². The van der Waals surface area contributed by atoms with Gasteiger partial charge in [0.1, 0.15) is 11.4 Å². The molecule has 0 unspecified atom stereocenters. The first-order valence-corrected chi connectivity index (χ1v) is 12.7. The van der Waals surface area contributed by atoms with Crippen LogP contribution in [-0.2, 0) is 11.3 Å². The van der Waals surface area contributed by atoms with Gasteiger partial charge in [-0.25, -0.2) is 9.37 Å². The lowest BCUT2D eigenvalue weighted by molar-refractivity contribution is 0.0302. The minimum atomic E-state index is -0.508. The summed E-state index contributed by atoms with van der Waals surface area (Å²) in [6.45, 7) is 3.01. The average Bonchev–Trinajstić information content (AvgIpc) is 3.43. The second kappa shape index (κ2) is 9.44. The number of ether oxygens (including phenoxy) is 1. The molecule has 1 amide bonds. The first kappa shape index (κ1) is 22.8. The fourth-order valence-corrected chi connectivity index (χ4v) is 5.93. The third-order valence-corrected chi connectivity index (χ3v) is 7.68. The fraction of sp³-hybridized carbons (Fsp3) is 0.269. The van der Waals surface area contributed by atoms with Gasteiger partial charge in [0.2, 0.25) is 5.43 Å². The topological polar surface area (TPSA) is 81.4 Å². The van der Waals surface area contributed by atoms with Crippen LogP contribution in [0.2, 0.25) is 0 Å². The second-order valence-electron chi connectivity index (χ2n) is 8.76. The zero-order valence-corrected chi connectivity index (χ0v) is 20.3. The zero-order valence-electron chi connectivity index (χ0n) is 19.4. The summed E-state index contributed by atoms with van der Waals surface area (Å²) in [5, 5.41) is 3.45. The first-order valence-electron chi connectivity index (χ1n) is 11.9. The predicted octanol–water partition coefficient (Wildman–Crippen LogP) is 3.77. The largest absolute Gasteiger partial charge is 0.382 e. The Kier molecular flexibility index (Phi) is 5.98. The summed E-state index contributed by atoms with van der Waals surface area (Å²) < 4.78 is 24.7. The van der Waals surface area contributed by atoms with Crippen molar-refractivity contribution in [3.8, 4) is 5.69 Å². The lowest BCUT2D eigenvalue weighted by atomic mass is 10.1. The Morgan fingerprint density at radius 2 is 2.06 bits per heavy atom. The van der Waals surface area contributed by atoms with Crippen LogP contribution in [0.15, 0.2) is 69.8 Å². The smallest absolute Gasteiger partial charge is 0.259 e. The summed E-state index contributed by atoms with van der Waals surface area (Å²) in [4.78, 5) is 34.1.